The molecule has 0 N–H and O–H groups in total. The Morgan fingerprint density at radius 2 is 1.94 bits per heavy atom. The van der Waals surface area contributed by atoms with Gasteiger partial charge in [0, 0.05) is 4.88 Å². The second kappa shape index (κ2) is 5.42. The van der Waals surface area contributed by atoms with Gasteiger partial charge in [0.1, 0.15) is 0 Å². The highest BCUT2D eigenvalue weighted by molar-refractivity contribution is 7.10. The van der Waals surface area contributed by atoms with E-state index < -0.39 is 0 Å². The van der Waals surface area contributed by atoms with E-state index in [9.17, 15) is 0 Å². The van der Waals surface area contributed by atoms with Crippen molar-refractivity contribution in [3.8, 4) is 0 Å². The van der Waals surface area contributed by atoms with E-state index in [0.717, 1.165) is 12.0 Å². The molecule has 1 aromatic heterocycles. The van der Waals surface area contributed by atoms with Crippen molar-refractivity contribution in [2.24, 2.45) is 0 Å². The molecule has 84 valence electrons. The molecule has 1 atom stereocenters. The fraction of sp³-hybridized carbons (Fsp3) is 0.167. The van der Waals surface area contributed by atoms with Gasteiger partial charge in [0.2, 0.25) is 0 Å². The topological polar surface area (TPSA) is 0 Å². The van der Waals surface area contributed by atoms with Crippen LogP contribution in [-0.4, -0.2) is 0 Å². The van der Waals surface area contributed by atoms with Gasteiger partial charge in [0.25, 0.3) is 0 Å². The van der Waals surface area contributed by atoms with E-state index in [2.05, 4.69) is 0 Å². The maximum absolute atomic E-state index is 6.31. The summed E-state index contributed by atoms with van der Waals surface area (Å²) in [6, 6.07) is 9.67. The molecule has 0 aliphatic heterocycles. The Balaban J connectivity index is 2.12. The van der Waals surface area contributed by atoms with Gasteiger partial charge in [-0.2, -0.15) is 0 Å². The van der Waals surface area contributed by atoms with Crippen LogP contribution in [0.2, 0.25) is 10.0 Å². The van der Waals surface area contributed by atoms with Crippen LogP contribution in [0.1, 0.15) is 15.8 Å². The van der Waals surface area contributed by atoms with Crippen LogP contribution in [0.25, 0.3) is 0 Å². The minimum atomic E-state index is -0.00255. The molecular formula is C12H9Cl3S. The number of benzene rings is 1. The van der Waals surface area contributed by atoms with Crippen LogP contribution in [-0.2, 0) is 6.42 Å². The number of hydrogen-bond donors (Lipinski definition) is 0. The molecule has 0 nitrogen and oxygen atoms in total. The number of rotatable bonds is 3. The zero-order valence-electron chi connectivity index (χ0n) is 8.29. The minimum absolute atomic E-state index is 0.00255. The smallest absolute Gasteiger partial charge is 0.0718 e. The van der Waals surface area contributed by atoms with Gasteiger partial charge in [-0.05, 0) is 35.6 Å². The molecule has 0 aliphatic carbocycles. The van der Waals surface area contributed by atoms with Crippen molar-refractivity contribution >= 4 is 46.1 Å². The third kappa shape index (κ3) is 2.92. The van der Waals surface area contributed by atoms with E-state index in [1.54, 1.807) is 17.4 Å². The molecule has 1 unspecified atom stereocenters. The van der Waals surface area contributed by atoms with Crippen LogP contribution in [0.15, 0.2) is 35.7 Å². The molecule has 0 bridgehead atoms. The largest absolute Gasteiger partial charge is 0.147 e. The molecule has 0 saturated carbocycles. The van der Waals surface area contributed by atoms with Crippen LogP contribution in [0.5, 0.6) is 0 Å². The second-order valence-electron chi connectivity index (χ2n) is 3.44. The van der Waals surface area contributed by atoms with Gasteiger partial charge in [-0.3, -0.25) is 0 Å². The molecule has 2 aromatic rings. The summed E-state index contributed by atoms with van der Waals surface area (Å²) < 4.78 is 0. The normalized spacial score (nSPS) is 12.7. The van der Waals surface area contributed by atoms with Crippen molar-refractivity contribution < 1.29 is 0 Å². The predicted octanol–water partition coefficient (Wildman–Crippen LogP) is 5.58. The lowest BCUT2D eigenvalue weighted by Crippen LogP contribution is -1.93. The van der Waals surface area contributed by atoms with Gasteiger partial charge in [0.15, 0.2) is 0 Å². The summed E-state index contributed by atoms with van der Waals surface area (Å²) in [4.78, 5) is 1.17. The highest BCUT2D eigenvalue weighted by Crippen LogP contribution is 2.30. The predicted molar refractivity (Wildman–Crippen MR) is 73.1 cm³/mol. The number of alkyl halides is 1. The lowest BCUT2D eigenvalue weighted by molar-refractivity contribution is 0.940. The number of halogens is 3. The van der Waals surface area contributed by atoms with Crippen LogP contribution in [0.4, 0.5) is 0 Å². The van der Waals surface area contributed by atoms with Crippen molar-refractivity contribution in [2.45, 2.75) is 11.8 Å². The molecule has 4 heteroatoms. The van der Waals surface area contributed by atoms with Crippen LogP contribution in [0.3, 0.4) is 0 Å². The molecule has 2 rings (SSSR count). The molecule has 0 fully saturated rings. The Kier molecular flexibility index (Phi) is 4.15. The monoisotopic (exact) mass is 290 g/mol. The summed E-state index contributed by atoms with van der Waals surface area (Å²) in [5.74, 6) is 0. The summed E-state index contributed by atoms with van der Waals surface area (Å²) in [6.45, 7) is 0. The van der Waals surface area contributed by atoms with Crippen LogP contribution >= 0.6 is 46.1 Å². The van der Waals surface area contributed by atoms with Crippen molar-refractivity contribution in [3.05, 3.63) is 56.2 Å². The Labute approximate surface area is 114 Å². The number of thiophene rings is 1. The quantitative estimate of drug-likeness (QED) is 0.648. The van der Waals surface area contributed by atoms with E-state index in [0.29, 0.717) is 10.0 Å². The van der Waals surface area contributed by atoms with Gasteiger partial charge in [0.05, 0.1) is 15.4 Å². The summed E-state index contributed by atoms with van der Waals surface area (Å²) in [5.41, 5.74) is 1.10. The average Bonchev–Trinajstić information content (AvgIpc) is 2.77. The van der Waals surface area contributed by atoms with Crippen molar-refractivity contribution in [1.29, 1.82) is 0 Å². The van der Waals surface area contributed by atoms with Crippen molar-refractivity contribution in [1.82, 2.24) is 0 Å². The minimum Gasteiger partial charge on any atom is -0.147 e. The first-order valence-electron chi connectivity index (χ1n) is 4.78. The zero-order valence-corrected chi connectivity index (χ0v) is 11.4. The van der Waals surface area contributed by atoms with Crippen LogP contribution in [0, 0.1) is 0 Å². The van der Waals surface area contributed by atoms with E-state index in [1.807, 2.05) is 29.6 Å². The average molecular weight is 292 g/mol. The molecule has 0 radical (unpaired) electrons. The maximum Gasteiger partial charge on any atom is 0.0718 e. The third-order valence-electron chi connectivity index (χ3n) is 2.25. The standard InChI is InChI=1S/C12H9Cl3S/c13-9-4-3-8(6-10(9)14)7-11(15)12-2-1-5-16-12/h1-6,11H,7H2. The number of hydrogen-bond acceptors (Lipinski definition) is 1. The molecule has 16 heavy (non-hydrogen) atoms. The van der Waals surface area contributed by atoms with Gasteiger partial charge in [-0.15, -0.1) is 22.9 Å². The molecule has 0 amide bonds. The van der Waals surface area contributed by atoms with Crippen molar-refractivity contribution in [3.63, 3.8) is 0 Å². The highest BCUT2D eigenvalue weighted by atomic mass is 35.5. The van der Waals surface area contributed by atoms with Gasteiger partial charge in [-0.1, -0.05) is 35.3 Å². The Morgan fingerprint density at radius 3 is 2.56 bits per heavy atom. The zero-order chi connectivity index (χ0) is 11.5. The third-order valence-corrected chi connectivity index (χ3v) is 4.49. The lowest BCUT2D eigenvalue weighted by Gasteiger charge is -2.08. The van der Waals surface area contributed by atoms with E-state index in [1.165, 1.54) is 4.88 Å². The summed E-state index contributed by atoms with van der Waals surface area (Å²) in [5, 5.41) is 3.18. The summed E-state index contributed by atoms with van der Waals surface area (Å²) in [6.07, 6.45) is 0.763. The Morgan fingerprint density at radius 1 is 1.12 bits per heavy atom. The second-order valence-corrected chi connectivity index (χ2v) is 5.76. The Hall–Kier alpha value is -0.210. The molecule has 0 saturated heterocycles. The summed E-state index contributed by atoms with van der Waals surface area (Å²) >= 11 is 19.8. The first-order valence-corrected chi connectivity index (χ1v) is 6.85. The molecule has 0 aliphatic rings. The molecule has 1 aromatic carbocycles. The fourth-order valence-corrected chi connectivity index (χ4v) is 2.87. The van der Waals surface area contributed by atoms with E-state index in [-0.39, 0.29) is 5.38 Å². The van der Waals surface area contributed by atoms with E-state index >= 15 is 0 Å². The summed E-state index contributed by atoms with van der Waals surface area (Å²) in [7, 11) is 0. The highest BCUT2D eigenvalue weighted by Gasteiger charge is 2.10. The maximum atomic E-state index is 6.31. The Bertz CT molecular complexity index is 465. The first kappa shape index (κ1) is 12.3. The van der Waals surface area contributed by atoms with Crippen molar-refractivity contribution in [2.75, 3.05) is 0 Å². The molecule has 1 heterocycles. The van der Waals surface area contributed by atoms with Gasteiger partial charge in [-0.25, -0.2) is 0 Å². The molecular weight excluding hydrogens is 283 g/mol. The van der Waals surface area contributed by atoms with Gasteiger partial charge < -0.3 is 0 Å². The van der Waals surface area contributed by atoms with Crippen LogP contribution < -0.4 is 0 Å². The SMILES string of the molecule is Clc1ccc(CC(Cl)c2cccs2)cc1Cl. The lowest BCUT2D eigenvalue weighted by atomic mass is 10.1. The first-order chi connectivity index (χ1) is 7.66. The fourth-order valence-electron chi connectivity index (χ4n) is 1.44. The molecule has 0 spiro atoms. The van der Waals surface area contributed by atoms with Gasteiger partial charge >= 0.3 is 0 Å². The van der Waals surface area contributed by atoms with E-state index in [4.69, 9.17) is 34.8 Å².